The molecule has 1 unspecified atom stereocenters. The van der Waals surface area contributed by atoms with E-state index in [0.29, 0.717) is 5.92 Å². The van der Waals surface area contributed by atoms with Gasteiger partial charge in [0.2, 0.25) is 0 Å². The number of unbranched alkanes of at least 4 members (excludes halogenated alkanes) is 1. The van der Waals surface area contributed by atoms with Crippen LogP contribution in [-0.2, 0) is 4.74 Å². The highest BCUT2D eigenvalue weighted by molar-refractivity contribution is 6.18. The molecule has 3 heteroatoms. The molecule has 92 valence electrons. The normalized spacial score (nSPS) is 13.0. The molecular formula is C12H26ClNO. The molecule has 2 nitrogen and oxygen atoms in total. The third-order valence-electron chi connectivity index (χ3n) is 2.38. The summed E-state index contributed by atoms with van der Waals surface area (Å²) in [6.07, 6.45) is 4.81. The van der Waals surface area contributed by atoms with Crippen LogP contribution in [0, 0.1) is 5.92 Å². The van der Waals surface area contributed by atoms with Crippen LogP contribution in [0.25, 0.3) is 0 Å². The van der Waals surface area contributed by atoms with Gasteiger partial charge in [0, 0.05) is 19.0 Å². The summed E-state index contributed by atoms with van der Waals surface area (Å²) < 4.78 is 5.44. The molecule has 0 heterocycles. The van der Waals surface area contributed by atoms with Crippen molar-refractivity contribution in [2.45, 2.75) is 39.5 Å². The van der Waals surface area contributed by atoms with E-state index in [2.05, 4.69) is 19.2 Å². The van der Waals surface area contributed by atoms with Crippen molar-refractivity contribution in [2.75, 3.05) is 32.2 Å². The minimum Gasteiger partial charge on any atom is -0.380 e. The van der Waals surface area contributed by atoms with Gasteiger partial charge in [-0.2, -0.15) is 0 Å². The summed E-state index contributed by atoms with van der Waals surface area (Å²) in [5.74, 6) is 1.43. The minimum atomic E-state index is 0.647. The zero-order valence-corrected chi connectivity index (χ0v) is 11.0. The fourth-order valence-corrected chi connectivity index (χ4v) is 1.42. The topological polar surface area (TPSA) is 21.3 Å². The van der Waals surface area contributed by atoms with Gasteiger partial charge in [-0.25, -0.2) is 0 Å². The van der Waals surface area contributed by atoms with Crippen LogP contribution in [0.2, 0.25) is 0 Å². The van der Waals surface area contributed by atoms with Crippen LogP contribution < -0.4 is 5.32 Å². The van der Waals surface area contributed by atoms with E-state index in [1.165, 1.54) is 25.7 Å². The Morgan fingerprint density at radius 3 is 2.67 bits per heavy atom. The number of halogens is 1. The summed E-state index contributed by atoms with van der Waals surface area (Å²) >= 11 is 5.72. The van der Waals surface area contributed by atoms with Crippen LogP contribution in [0.3, 0.4) is 0 Å². The maximum Gasteiger partial charge on any atom is 0.0590 e. The Morgan fingerprint density at radius 2 is 2.00 bits per heavy atom. The first-order chi connectivity index (χ1) is 7.31. The second kappa shape index (κ2) is 12.3. The van der Waals surface area contributed by atoms with Crippen LogP contribution in [0.1, 0.15) is 39.5 Å². The summed E-state index contributed by atoms with van der Waals surface area (Å²) in [6, 6.07) is 0. The predicted octanol–water partition coefficient (Wildman–Crippen LogP) is 3.05. The molecule has 0 aromatic carbocycles. The number of rotatable bonds is 11. The highest BCUT2D eigenvalue weighted by Crippen LogP contribution is 2.05. The summed E-state index contributed by atoms with van der Waals surface area (Å²) in [5.41, 5.74) is 0. The lowest BCUT2D eigenvalue weighted by atomic mass is 10.1. The maximum absolute atomic E-state index is 5.72. The highest BCUT2D eigenvalue weighted by Gasteiger charge is 1.98. The zero-order valence-electron chi connectivity index (χ0n) is 10.2. The number of hydrogen-bond donors (Lipinski definition) is 1. The molecule has 0 aliphatic heterocycles. The van der Waals surface area contributed by atoms with Crippen LogP contribution >= 0.6 is 11.6 Å². The molecule has 0 aromatic rings. The van der Waals surface area contributed by atoms with Crippen LogP contribution in [0.5, 0.6) is 0 Å². The standard InChI is InChI=1S/C12H26ClNO/c1-3-4-9-15-10-8-14-7-5-6-12(2)11-13/h12,14H,3-11H2,1-2H3. The van der Waals surface area contributed by atoms with E-state index in [1.54, 1.807) is 0 Å². The van der Waals surface area contributed by atoms with Gasteiger partial charge in [0.1, 0.15) is 0 Å². The van der Waals surface area contributed by atoms with Gasteiger partial charge in [0.25, 0.3) is 0 Å². The second-order valence-corrected chi connectivity index (χ2v) is 4.43. The van der Waals surface area contributed by atoms with E-state index in [0.717, 1.165) is 32.2 Å². The molecule has 0 aliphatic rings. The van der Waals surface area contributed by atoms with Gasteiger partial charge in [0.05, 0.1) is 6.61 Å². The summed E-state index contributed by atoms with van der Waals surface area (Å²) in [4.78, 5) is 0. The van der Waals surface area contributed by atoms with E-state index in [-0.39, 0.29) is 0 Å². The third-order valence-corrected chi connectivity index (χ3v) is 2.91. The van der Waals surface area contributed by atoms with Crippen LogP contribution in [-0.4, -0.2) is 32.2 Å². The molecule has 0 radical (unpaired) electrons. The molecule has 15 heavy (non-hydrogen) atoms. The van der Waals surface area contributed by atoms with Gasteiger partial charge in [-0.05, 0) is 31.7 Å². The maximum atomic E-state index is 5.72. The average molecular weight is 236 g/mol. The van der Waals surface area contributed by atoms with Crippen molar-refractivity contribution in [3.05, 3.63) is 0 Å². The fourth-order valence-electron chi connectivity index (χ4n) is 1.27. The molecule has 1 N–H and O–H groups in total. The van der Waals surface area contributed by atoms with E-state index in [9.17, 15) is 0 Å². The molecule has 0 aliphatic carbocycles. The first kappa shape index (κ1) is 15.2. The van der Waals surface area contributed by atoms with Crippen molar-refractivity contribution in [3.63, 3.8) is 0 Å². The Bertz CT molecular complexity index is 122. The summed E-state index contributed by atoms with van der Waals surface area (Å²) in [7, 11) is 0. The second-order valence-electron chi connectivity index (χ2n) is 4.12. The lowest BCUT2D eigenvalue weighted by Gasteiger charge is -2.08. The fraction of sp³-hybridized carbons (Fsp3) is 1.00. The number of nitrogens with one attached hydrogen (secondary N) is 1. The zero-order chi connectivity index (χ0) is 11.4. The Kier molecular flexibility index (Phi) is 12.5. The Morgan fingerprint density at radius 1 is 1.20 bits per heavy atom. The Hall–Kier alpha value is 0.210. The molecule has 0 amide bonds. The van der Waals surface area contributed by atoms with Gasteiger partial charge in [-0.15, -0.1) is 11.6 Å². The van der Waals surface area contributed by atoms with E-state index < -0.39 is 0 Å². The first-order valence-corrected chi connectivity index (χ1v) is 6.69. The lowest BCUT2D eigenvalue weighted by molar-refractivity contribution is 0.133. The van der Waals surface area contributed by atoms with Gasteiger partial charge >= 0.3 is 0 Å². The molecular weight excluding hydrogens is 210 g/mol. The first-order valence-electron chi connectivity index (χ1n) is 6.15. The van der Waals surface area contributed by atoms with E-state index in [4.69, 9.17) is 16.3 Å². The summed E-state index contributed by atoms with van der Waals surface area (Å²) in [6.45, 7) is 8.17. The van der Waals surface area contributed by atoms with Crippen molar-refractivity contribution in [1.29, 1.82) is 0 Å². The SMILES string of the molecule is CCCCOCCNCCCC(C)CCl. The molecule has 0 saturated carbocycles. The lowest BCUT2D eigenvalue weighted by Crippen LogP contribution is -2.21. The molecule has 0 saturated heterocycles. The van der Waals surface area contributed by atoms with Crippen molar-refractivity contribution in [3.8, 4) is 0 Å². The molecule has 0 aromatic heterocycles. The van der Waals surface area contributed by atoms with Crippen molar-refractivity contribution in [1.82, 2.24) is 5.32 Å². The largest absolute Gasteiger partial charge is 0.380 e. The van der Waals surface area contributed by atoms with Gasteiger partial charge < -0.3 is 10.1 Å². The van der Waals surface area contributed by atoms with Crippen molar-refractivity contribution >= 4 is 11.6 Å². The van der Waals surface area contributed by atoms with E-state index in [1.807, 2.05) is 0 Å². The van der Waals surface area contributed by atoms with Crippen molar-refractivity contribution in [2.24, 2.45) is 5.92 Å². The number of ether oxygens (including phenoxy) is 1. The van der Waals surface area contributed by atoms with Crippen LogP contribution in [0.15, 0.2) is 0 Å². The van der Waals surface area contributed by atoms with E-state index >= 15 is 0 Å². The number of hydrogen-bond acceptors (Lipinski definition) is 2. The minimum absolute atomic E-state index is 0.647. The molecule has 0 spiro atoms. The Labute approximate surface area is 99.7 Å². The average Bonchev–Trinajstić information content (AvgIpc) is 2.26. The molecule has 0 bridgehead atoms. The highest BCUT2D eigenvalue weighted by atomic mass is 35.5. The smallest absolute Gasteiger partial charge is 0.0590 e. The Balaban J connectivity index is 2.92. The number of alkyl halides is 1. The van der Waals surface area contributed by atoms with Gasteiger partial charge in [-0.1, -0.05) is 20.3 Å². The molecule has 1 atom stereocenters. The van der Waals surface area contributed by atoms with Gasteiger partial charge in [-0.3, -0.25) is 0 Å². The van der Waals surface area contributed by atoms with Crippen molar-refractivity contribution < 1.29 is 4.74 Å². The monoisotopic (exact) mass is 235 g/mol. The summed E-state index contributed by atoms with van der Waals surface area (Å²) in [5, 5.41) is 3.37. The predicted molar refractivity (Wildman–Crippen MR) is 67.7 cm³/mol. The third kappa shape index (κ3) is 12.1. The van der Waals surface area contributed by atoms with Gasteiger partial charge in [0.15, 0.2) is 0 Å². The van der Waals surface area contributed by atoms with Crippen LogP contribution in [0.4, 0.5) is 0 Å². The quantitative estimate of drug-likeness (QED) is 0.439. The molecule has 0 rings (SSSR count). The molecule has 0 fully saturated rings.